The number of ether oxygens (including phenoxy) is 2. The number of piperidine rings is 1. The molecular weight excluding hydrogens is 322 g/mol. The van der Waals surface area contributed by atoms with Gasteiger partial charge in [-0.25, -0.2) is 0 Å². The molecule has 0 aliphatic carbocycles. The molecule has 2 amide bonds. The molecule has 2 aliphatic rings. The van der Waals surface area contributed by atoms with Gasteiger partial charge in [0.25, 0.3) is 0 Å². The summed E-state index contributed by atoms with van der Waals surface area (Å²) in [5, 5.41) is 3.02. The van der Waals surface area contributed by atoms with Gasteiger partial charge in [-0.15, -0.1) is 0 Å². The lowest BCUT2D eigenvalue weighted by molar-refractivity contribution is -0.124. The van der Waals surface area contributed by atoms with Crippen LogP contribution in [0.5, 0.6) is 11.5 Å². The number of fused-ring (bicyclic) bond motifs is 1. The molecule has 7 nitrogen and oxygen atoms in total. The van der Waals surface area contributed by atoms with Crippen LogP contribution in [0.4, 0.5) is 0 Å². The molecule has 1 fully saturated rings. The summed E-state index contributed by atoms with van der Waals surface area (Å²) in [5.41, 5.74) is 6.31. The van der Waals surface area contributed by atoms with E-state index in [2.05, 4.69) is 10.2 Å². The van der Waals surface area contributed by atoms with E-state index in [1.165, 1.54) is 0 Å². The number of carbonyl (C=O) groups excluding carboxylic acids is 2. The number of likely N-dealkylation sites (tertiary alicyclic amines) is 1. The first-order chi connectivity index (χ1) is 12.0. The van der Waals surface area contributed by atoms with E-state index in [4.69, 9.17) is 15.2 Å². The first kappa shape index (κ1) is 17.5. The van der Waals surface area contributed by atoms with E-state index >= 15 is 0 Å². The number of carbonyl (C=O) groups is 2. The van der Waals surface area contributed by atoms with Crippen LogP contribution >= 0.6 is 0 Å². The molecule has 25 heavy (non-hydrogen) atoms. The number of amides is 2. The molecule has 0 spiro atoms. The second-order valence-electron chi connectivity index (χ2n) is 6.65. The van der Waals surface area contributed by atoms with Crippen LogP contribution in [-0.2, 0) is 9.59 Å². The highest BCUT2D eigenvalue weighted by atomic mass is 16.6. The molecule has 3 rings (SSSR count). The molecule has 1 aromatic carbocycles. The van der Waals surface area contributed by atoms with Crippen molar-refractivity contribution < 1.29 is 19.1 Å². The summed E-state index contributed by atoms with van der Waals surface area (Å²) in [5.74, 6) is 1.14. The molecule has 0 bridgehead atoms. The molecular formula is C18H25N3O4. The van der Waals surface area contributed by atoms with Gasteiger partial charge in [0.05, 0.1) is 12.6 Å². The largest absolute Gasteiger partial charge is 0.486 e. The fourth-order valence-corrected chi connectivity index (χ4v) is 3.28. The van der Waals surface area contributed by atoms with Crippen molar-refractivity contribution in [2.24, 2.45) is 11.7 Å². The summed E-state index contributed by atoms with van der Waals surface area (Å²) < 4.78 is 11.1. The van der Waals surface area contributed by atoms with Crippen molar-refractivity contribution in [3.8, 4) is 11.5 Å². The van der Waals surface area contributed by atoms with Crippen molar-refractivity contribution in [1.29, 1.82) is 0 Å². The van der Waals surface area contributed by atoms with Gasteiger partial charge in [-0.05, 0) is 50.6 Å². The lowest BCUT2D eigenvalue weighted by atomic mass is 9.96. The highest BCUT2D eigenvalue weighted by Gasteiger charge is 2.24. The Labute approximate surface area is 147 Å². The Hall–Kier alpha value is -2.28. The number of primary amides is 1. The molecule has 0 radical (unpaired) electrons. The third-order valence-electron chi connectivity index (χ3n) is 4.80. The van der Waals surface area contributed by atoms with Crippen LogP contribution in [0.25, 0.3) is 0 Å². The molecule has 0 saturated carbocycles. The topological polar surface area (TPSA) is 93.9 Å². The van der Waals surface area contributed by atoms with Crippen LogP contribution in [-0.4, -0.2) is 49.6 Å². The maximum absolute atomic E-state index is 12.3. The highest BCUT2D eigenvalue weighted by molar-refractivity contribution is 5.79. The Kier molecular flexibility index (Phi) is 5.43. The van der Waals surface area contributed by atoms with E-state index in [-0.39, 0.29) is 23.8 Å². The molecule has 2 aliphatic heterocycles. The second-order valence-corrected chi connectivity index (χ2v) is 6.65. The van der Waals surface area contributed by atoms with Crippen LogP contribution in [0.15, 0.2) is 18.2 Å². The number of hydrogen-bond acceptors (Lipinski definition) is 5. The Morgan fingerprint density at radius 2 is 1.92 bits per heavy atom. The monoisotopic (exact) mass is 347 g/mol. The first-order valence-corrected chi connectivity index (χ1v) is 8.73. The van der Waals surface area contributed by atoms with Crippen LogP contribution < -0.4 is 20.5 Å². The van der Waals surface area contributed by atoms with E-state index in [1.54, 1.807) is 0 Å². The SMILES string of the molecule is C[C@@H](NC(=O)CN1CCC(C(N)=O)CC1)c1ccc2c(c1)OCCO2. The van der Waals surface area contributed by atoms with Crippen LogP contribution in [0.3, 0.4) is 0 Å². The number of nitrogens with two attached hydrogens (primary N) is 1. The van der Waals surface area contributed by atoms with Crippen LogP contribution in [0, 0.1) is 5.92 Å². The van der Waals surface area contributed by atoms with Gasteiger partial charge in [0.1, 0.15) is 13.2 Å². The number of nitrogens with one attached hydrogen (secondary N) is 1. The number of hydrogen-bond donors (Lipinski definition) is 2. The van der Waals surface area contributed by atoms with Gasteiger partial charge >= 0.3 is 0 Å². The van der Waals surface area contributed by atoms with Crippen molar-refractivity contribution in [2.45, 2.75) is 25.8 Å². The molecule has 3 N–H and O–H groups in total. The molecule has 2 heterocycles. The van der Waals surface area contributed by atoms with Gasteiger partial charge in [0.2, 0.25) is 11.8 Å². The fraction of sp³-hybridized carbons (Fsp3) is 0.556. The van der Waals surface area contributed by atoms with E-state index in [0.717, 1.165) is 43.0 Å². The predicted molar refractivity (Wildman–Crippen MR) is 92.3 cm³/mol. The third kappa shape index (κ3) is 4.42. The Balaban J connectivity index is 1.50. The van der Waals surface area contributed by atoms with Gasteiger partial charge in [0, 0.05) is 5.92 Å². The number of benzene rings is 1. The lowest BCUT2D eigenvalue weighted by Crippen LogP contribution is -2.44. The predicted octanol–water partition coefficient (Wildman–Crippen LogP) is 0.832. The molecule has 0 aromatic heterocycles. The summed E-state index contributed by atoms with van der Waals surface area (Å²) in [4.78, 5) is 25.6. The van der Waals surface area contributed by atoms with Crippen LogP contribution in [0.1, 0.15) is 31.4 Å². The van der Waals surface area contributed by atoms with Gasteiger partial charge in [0.15, 0.2) is 11.5 Å². The Morgan fingerprint density at radius 3 is 2.60 bits per heavy atom. The fourth-order valence-electron chi connectivity index (χ4n) is 3.28. The molecule has 7 heteroatoms. The summed E-state index contributed by atoms with van der Waals surface area (Å²) in [6.07, 6.45) is 1.45. The van der Waals surface area contributed by atoms with E-state index < -0.39 is 0 Å². The van der Waals surface area contributed by atoms with E-state index in [9.17, 15) is 9.59 Å². The second kappa shape index (κ2) is 7.74. The molecule has 1 aromatic rings. The van der Waals surface area contributed by atoms with Crippen molar-refractivity contribution in [2.75, 3.05) is 32.8 Å². The highest BCUT2D eigenvalue weighted by Crippen LogP contribution is 2.32. The first-order valence-electron chi connectivity index (χ1n) is 8.73. The summed E-state index contributed by atoms with van der Waals surface area (Å²) >= 11 is 0. The minimum Gasteiger partial charge on any atom is -0.486 e. The molecule has 1 atom stereocenters. The normalized spacial score (nSPS) is 19.2. The average Bonchev–Trinajstić information content (AvgIpc) is 2.61. The van der Waals surface area contributed by atoms with Crippen molar-refractivity contribution >= 4 is 11.8 Å². The van der Waals surface area contributed by atoms with Crippen molar-refractivity contribution in [3.05, 3.63) is 23.8 Å². The van der Waals surface area contributed by atoms with Gasteiger partial charge in [-0.3, -0.25) is 14.5 Å². The summed E-state index contributed by atoms with van der Waals surface area (Å²) in [6, 6.07) is 5.61. The van der Waals surface area contributed by atoms with Gasteiger partial charge in [-0.1, -0.05) is 6.07 Å². The maximum atomic E-state index is 12.3. The van der Waals surface area contributed by atoms with Gasteiger partial charge < -0.3 is 20.5 Å². The summed E-state index contributed by atoms with van der Waals surface area (Å²) in [7, 11) is 0. The Morgan fingerprint density at radius 1 is 1.24 bits per heavy atom. The standard InChI is InChI=1S/C18H25N3O4/c1-12(14-2-3-15-16(10-14)25-9-8-24-15)20-17(22)11-21-6-4-13(5-7-21)18(19)23/h2-3,10,12-13H,4-9,11H2,1H3,(H2,19,23)(H,20,22)/t12-/m1/s1. The molecule has 0 unspecified atom stereocenters. The maximum Gasteiger partial charge on any atom is 0.234 e. The number of nitrogens with zero attached hydrogens (tertiary/aromatic N) is 1. The zero-order chi connectivity index (χ0) is 17.8. The average molecular weight is 347 g/mol. The molecule has 1 saturated heterocycles. The van der Waals surface area contributed by atoms with E-state index in [0.29, 0.717) is 19.8 Å². The van der Waals surface area contributed by atoms with Crippen molar-refractivity contribution in [3.63, 3.8) is 0 Å². The number of rotatable bonds is 5. The van der Waals surface area contributed by atoms with Crippen LogP contribution in [0.2, 0.25) is 0 Å². The lowest BCUT2D eigenvalue weighted by Gasteiger charge is -2.30. The third-order valence-corrected chi connectivity index (χ3v) is 4.80. The smallest absolute Gasteiger partial charge is 0.234 e. The van der Waals surface area contributed by atoms with E-state index in [1.807, 2.05) is 25.1 Å². The zero-order valence-electron chi connectivity index (χ0n) is 14.5. The summed E-state index contributed by atoms with van der Waals surface area (Å²) in [6.45, 7) is 4.82. The quantitative estimate of drug-likeness (QED) is 0.823. The molecule has 136 valence electrons. The van der Waals surface area contributed by atoms with Crippen molar-refractivity contribution in [1.82, 2.24) is 10.2 Å². The zero-order valence-corrected chi connectivity index (χ0v) is 14.5. The Bertz CT molecular complexity index is 641. The minimum absolute atomic E-state index is 0.0279. The minimum atomic E-state index is -0.240. The van der Waals surface area contributed by atoms with Gasteiger partial charge in [-0.2, -0.15) is 0 Å².